The summed E-state index contributed by atoms with van der Waals surface area (Å²) in [6.07, 6.45) is 7.88. The van der Waals surface area contributed by atoms with Crippen molar-refractivity contribution in [3.8, 4) is 12.3 Å². The van der Waals surface area contributed by atoms with Gasteiger partial charge < -0.3 is 4.90 Å². The van der Waals surface area contributed by atoms with Crippen molar-refractivity contribution in [3.05, 3.63) is 35.4 Å². The molecular formula is C14H17N. The molecule has 1 aromatic rings. The largest absolute Gasteiger partial charge is 0.306 e. The van der Waals surface area contributed by atoms with Gasteiger partial charge in [-0.3, -0.25) is 0 Å². The lowest BCUT2D eigenvalue weighted by Gasteiger charge is -2.29. The van der Waals surface area contributed by atoms with E-state index in [1.165, 1.54) is 31.5 Å². The van der Waals surface area contributed by atoms with E-state index in [9.17, 15) is 0 Å². The van der Waals surface area contributed by atoms with Crippen LogP contribution in [0.5, 0.6) is 0 Å². The predicted octanol–water partition coefficient (Wildman–Crippen LogP) is 2.48. The fourth-order valence-corrected chi connectivity index (χ4v) is 2.19. The van der Waals surface area contributed by atoms with E-state index in [1.807, 2.05) is 12.1 Å². The third-order valence-corrected chi connectivity index (χ3v) is 3.27. The lowest BCUT2D eigenvalue weighted by molar-refractivity contribution is 0.255. The summed E-state index contributed by atoms with van der Waals surface area (Å²) in [6.45, 7) is 2.42. The van der Waals surface area contributed by atoms with Crippen LogP contribution in [0.3, 0.4) is 0 Å². The molecule has 0 atom stereocenters. The van der Waals surface area contributed by atoms with Crippen LogP contribution < -0.4 is 0 Å². The zero-order chi connectivity index (χ0) is 10.7. The van der Waals surface area contributed by atoms with E-state index < -0.39 is 0 Å². The second kappa shape index (κ2) is 4.51. The molecule has 0 unspecified atom stereocenters. The minimum absolute atomic E-state index is 0.730. The first kappa shape index (κ1) is 10.3. The normalized spacial score (nSPS) is 18.7. The minimum atomic E-state index is 0.730. The molecule has 0 N–H and O–H groups in total. The number of hydrogen-bond donors (Lipinski definition) is 0. The smallest absolute Gasteiger partial charge is 0.0242 e. The highest BCUT2D eigenvalue weighted by Gasteiger charge is 2.17. The highest BCUT2D eigenvalue weighted by atomic mass is 15.1. The monoisotopic (exact) mass is 199 g/mol. The Morgan fingerprint density at radius 1 is 1.20 bits per heavy atom. The Kier molecular flexibility index (Phi) is 3.08. The first-order chi connectivity index (χ1) is 7.29. The van der Waals surface area contributed by atoms with Gasteiger partial charge in [-0.1, -0.05) is 18.1 Å². The molecule has 1 aliphatic rings. The highest BCUT2D eigenvalue weighted by Crippen LogP contribution is 2.27. The first-order valence-electron chi connectivity index (χ1n) is 5.54. The molecule has 1 heteroatoms. The summed E-state index contributed by atoms with van der Waals surface area (Å²) in [5.41, 5.74) is 2.42. The molecule has 0 bridgehead atoms. The third kappa shape index (κ3) is 2.40. The van der Waals surface area contributed by atoms with E-state index in [-0.39, 0.29) is 0 Å². The van der Waals surface area contributed by atoms with Crippen LogP contribution in [-0.2, 0) is 0 Å². The highest BCUT2D eigenvalue weighted by molar-refractivity contribution is 5.35. The van der Waals surface area contributed by atoms with Crippen LogP contribution in [0.2, 0.25) is 0 Å². The van der Waals surface area contributed by atoms with Crippen molar-refractivity contribution in [2.45, 2.75) is 18.8 Å². The maximum absolute atomic E-state index is 5.34. The Morgan fingerprint density at radius 3 is 2.33 bits per heavy atom. The molecule has 0 radical (unpaired) electrons. The molecule has 78 valence electrons. The van der Waals surface area contributed by atoms with Gasteiger partial charge in [-0.2, -0.15) is 0 Å². The fraction of sp³-hybridized carbons (Fsp3) is 0.429. The van der Waals surface area contributed by atoms with E-state index in [0.29, 0.717) is 0 Å². The molecule has 1 fully saturated rings. The molecular weight excluding hydrogens is 182 g/mol. The van der Waals surface area contributed by atoms with Crippen LogP contribution in [0.1, 0.15) is 29.9 Å². The Balaban J connectivity index is 2.07. The number of rotatable bonds is 1. The van der Waals surface area contributed by atoms with Gasteiger partial charge in [0.1, 0.15) is 0 Å². The minimum Gasteiger partial charge on any atom is -0.306 e. The lowest BCUT2D eigenvalue weighted by Crippen LogP contribution is -2.29. The van der Waals surface area contributed by atoms with E-state index in [0.717, 1.165) is 11.5 Å². The van der Waals surface area contributed by atoms with Gasteiger partial charge in [0.15, 0.2) is 0 Å². The van der Waals surface area contributed by atoms with Gasteiger partial charge in [-0.05, 0) is 56.6 Å². The Bertz CT molecular complexity index is 350. The SMILES string of the molecule is C#Cc1ccc(C2CCN(C)CC2)cc1. The second-order valence-electron chi connectivity index (χ2n) is 4.34. The summed E-state index contributed by atoms with van der Waals surface area (Å²) in [7, 11) is 2.19. The van der Waals surface area contributed by atoms with Crippen molar-refractivity contribution in [2.75, 3.05) is 20.1 Å². The summed E-state index contributed by atoms with van der Waals surface area (Å²) in [5.74, 6) is 3.39. The quantitative estimate of drug-likeness (QED) is 0.628. The molecule has 0 amide bonds. The molecule has 1 heterocycles. The number of benzene rings is 1. The van der Waals surface area contributed by atoms with Crippen LogP contribution >= 0.6 is 0 Å². The van der Waals surface area contributed by atoms with Crippen LogP contribution in [-0.4, -0.2) is 25.0 Å². The molecule has 1 aromatic carbocycles. The van der Waals surface area contributed by atoms with Crippen LogP contribution in [0.15, 0.2) is 24.3 Å². The van der Waals surface area contributed by atoms with E-state index in [1.54, 1.807) is 0 Å². The maximum atomic E-state index is 5.34. The first-order valence-corrected chi connectivity index (χ1v) is 5.54. The third-order valence-electron chi connectivity index (χ3n) is 3.27. The fourth-order valence-electron chi connectivity index (χ4n) is 2.19. The molecule has 1 nitrogen and oxygen atoms in total. The van der Waals surface area contributed by atoms with Gasteiger partial charge in [-0.25, -0.2) is 0 Å². The molecule has 2 rings (SSSR count). The lowest BCUT2D eigenvalue weighted by atomic mass is 9.89. The summed E-state index contributed by atoms with van der Waals surface area (Å²) >= 11 is 0. The average Bonchev–Trinajstić information content (AvgIpc) is 2.30. The molecule has 15 heavy (non-hydrogen) atoms. The standard InChI is InChI=1S/C14H17N/c1-3-12-4-6-13(7-5-12)14-8-10-15(2)11-9-14/h1,4-7,14H,8-11H2,2H3. The van der Waals surface area contributed by atoms with Gasteiger partial charge in [0.25, 0.3) is 0 Å². The van der Waals surface area contributed by atoms with Crippen LogP contribution in [0.25, 0.3) is 0 Å². The van der Waals surface area contributed by atoms with E-state index in [2.05, 4.69) is 30.0 Å². The average molecular weight is 199 g/mol. The topological polar surface area (TPSA) is 3.24 Å². The molecule has 1 aliphatic heterocycles. The number of likely N-dealkylation sites (tertiary alicyclic amines) is 1. The van der Waals surface area contributed by atoms with E-state index >= 15 is 0 Å². The Hall–Kier alpha value is -1.26. The van der Waals surface area contributed by atoms with Crippen molar-refractivity contribution in [1.29, 1.82) is 0 Å². The Labute approximate surface area is 92.1 Å². The summed E-state index contributed by atoms with van der Waals surface area (Å²) in [6, 6.07) is 8.47. The molecule has 1 saturated heterocycles. The van der Waals surface area contributed by atoms with Crippen molar-refractivity contribution < 1.29 is 0 Å². The van der Waals surface area contributed by atoms with Crippen LogP contribution in [0, 0.1) is 12.3 Å². The predicted molar refractivity (Wildman–Crippen MR) is 63.8 cm³/mol. The molecule has 0 aliphatic carbocycles. The number of piperidine rings is 1. The number of hydrogen-bond acceptors (Lipinski definition) is 1. The summed E-state index contributed by atoms with van der Waals surface area (Å²) in [5, 5.41) is 0. The number of nitrogens with zero attached hydrogens (tertiary/aromatic N) is 1. The van der Waals surface area contributed by atoms with Crippen molar-refractivity contribution >= 4 is 0 Å². The zero-order valence-corrected chi connectivity index (χ0v) is 9.24. The van der Waals surface area contributed by atoms with Crippen LogP contribution in [0.4, 0.5) is 0 Å². The van der Waals surface area contributed by atoms with Gasteiger partial charge in [0, 0.05) is 5.56 Å². The molecule has 0 saturated carbocycles. The number of terminal acetylenes is 1. The summed E-state index contributed by atoms with van der Waals surface area (Å²) < 4.78 is 0. The Morgan fingerprint density at radius 2 is 1.80 bits per heavy atom. The maximum Gasteiger partial charge on any atom is 0.0242 e. The second-order valence-corrected chi connectivity index (χ2v) is 4.34. The van der Waals surface area contributed by atoms with Gasteiger partial charge in [-0.15, -0.1) is 6.42 Å². The van der Waals surface area contributed by atoms with E-state index in [4.69, 9.17) is 6.42 Å². The van der Waals surface area contributed by atoms with Crippen molar-refractivity contribution in [3.63, 3.8) is 0 Å². The van der Waals surface area contributed by atoms with Gasteiger partial charge in [0.05, 0.1) is 0 Å². The van der Waals surface area contributed by atoms with Gasteiger partial charge in [0.2, 0.25) is 0 Å². The molecule has 0 aromatic heterocycles. The van der Waals surface area contributed by atoms with Crippen molar-refractivity contribution in [2.24, 2.45) is 0 Å². The van der Waals surface area contributed by atoms with Crippen molar-refractivity contribution in [1.82, 2.24) is 4.90 Å². The van der Waals surface area contributed by atoms with Gasteiger partial charge >= 0.3 is 0 Å². The molecule has 0 spiro atoms. The summed E-state index contributed by atoms with van der Waals surface area (Å²) in [4.78, 5) is 2.40. The zero-order valence-electron chi connectivity index (χ0n) is 9.24.